The Morgan fingerprint density at radius 1 is 1.21 bits per heavy atom. The van der Waals surface area contributed by atoms with Gasteiger partial charge in [0, 0.05) is 6.20 Å². The summed E-state index contributed by atoms with van der Waals surface area (Å²) in [5.41, 5.74) is 9.15. The topological polar surface area (TPSA) is 138 Å². The van der Waals surface area contributed by atoms with E-state index in [0.717, 1.165) is 18.4 Å². The van der Waals surface area contributed by atoms with E-state index in [-0.39, 0.29) is 17.8 Å². The summed E-state index contributed by atoms with van der Waals surface area (Å²) < 4.78 is 18.0. The van der Waals surface area contributed by atoms with Crippen molar-refractivity contribution in [3.8, 4) is 0 Å². The van der Waals surface area contributed by atoms with Gasteiger partial charge in [0.1, 0.15) is 42.2 Å². The molecular weight excluding hydrogens is 367 g/mol. The van der Waals surface area contributed by atoms with Crippen LogP contribution in [-0.2, 0) is 17.6 Å². The van der Waals surface area contributed by atoms with Crippen molar-refractivity contribution in [2.24, 2.45) is 0 Å². The molecule has 0 saturated carbocycles. The van der Waals surface area contributed by atoms with Gasteiger partial charge in [-0.1, -0.05) is 18.2 Å². The van der Waals surface area contributed by atoms with Gasteiger partial charge in [-0.2, -0.15) is 0 Å². The van der Waals surface area contributed by atoms with Crippen LogP contribution in [0.5, 0.6) is 0 Å². The number of hydrogen-bond donors (Lipinski definition) is 5. The molecule has 1 aromatic carbocycles. The van der Waals surface area contributed by atoms with E-state index in [1.165, 1.54) is 23.7 Å². The van der Waals surface area contributed by atoms with E-state index in [1.807, 2.05) is 18.2 Å². The van der Waals surface area contributed by atoms with E-state index in [1.54, 1.807) is 0 Å². The molecule has 6 N–H and O–H groups in total. The predicted octanol–water partition coefficient (Wildman–Crippen LogP) is 0.618. The number of aromatic nitrogens is 3. The number of aryl methyl sites for hydroxylation is 2. The third-order valence-corrected chi connectivity index (χ3v) is 5.19. The maximum absolute atomic E-state index is 12.8. The molecule has 5 rings (SSSR count). The number of hydrogen-bond acceptors (Lipinski definition) is 7. The number of fused-ring (bicyclic) bond motifs is 2. The highest BCUT2D eigenvalue weighted by Gasteiger charge is 2.39. The number of aliphatic hydroxyl groups excluding tert-OH is 3. The van der Waals surface area contributed by atoms with E-state index in [0.29, 0.717) is 5.65 Å². The molecule has 1 fully saturated rings. The van der Waals surface area contributed by atoms with Crippen molar-refractivity contribution in [3.63, 3.8) is 0 Å². The number of aromatic amines is 1. The molecule has 1 aliphatic heterocycles. The summed E-state index contributed by atoms with van der Waals surface area (Å²) in [5, 5.41) is 29.5. The average Bonchev–Trinajstić information content (AvgIpc) is 3.20. The van der Waals surface area contributed by atoms with Crippen LogP contribution in [0.1, 0.15) is 22.8 Å². The van der Waals surface area contributed by atoms with Gasteiger partial charge < -0.3 is 30.8 Å². The summed E-state index contributed by atoms with van der Waals surface area (Å²) in [5.74, 6) is -0.258. The molecule has 0 amide bonds. The molecule has 1 aliphatic carbocycles. The monoisotopic (exact) mass is 388 g/mol. The quantitative estimate of drug-likeness (QED) is 0.434. The molecule has 28 heavy (non-hydrogen) atoms. The number of H-pyrrole nitrogens is 1. The lowest BCUT2D eigenvalue weighted by atomic mass is 9.85. The van der Waals surface area contributed by atoms with Gasteiger partial charge >= 0.3 is 0 Å². The zero-order valence-corrected chi connectivity index (χ0v) is 14.9. The molecule has 148 valence electrons. The van der Waals surface area contributed by atoms with E-state index in [4.69, 9.17) is 10.5 Å². The van der Waals surface area contributed by atoms with Crippen LogP contribution in [0.2, 0.25) is 0 Å². The minimum Gasteiger partial charge on any atom is -0.388 e. The number of nitrogens with zero attached hydrogens (tertiary/aromatic N) is 2. The molecule has 2 aliphatic rings. The highest BCUT2D eigenvalue weighted by atomic mass is 19.1. The summed E-state index contributed by atoms with van der Waals surface area (Å²) in [4.78, 5) is 10.0. The average molecular weight is 388 g/mol. The lowest BCUT2D eigenvalue weighted by Crippen LogP contribution is -2.34. The van der Waals surface area contributed by atoms with Crippen molar-refractivity contribution in [2.75, 3.05) is 12.3 Å². The number of aliphatic hydroxyl groups is 3. The summed E-state index contributed by atoms with van der Waals surface area (Å²) in [6.07, 6.45) is 1.11. The Kier molecular flexibility index (Phi) is 4.98. The maximum atomic E-state index is 12.8. The standard InChI is InChI=1S/C13H16O4.C6H5FN4/c14-10-6-17-13(12(10)16)11(15)9-4-2-7-1-3-8(7)5-9;7-3-1-9-6-4(3)5(8)10-2-11-6/h2,4-5,10-16H,1,3,6H2;1-2H,(H3,8,9,10,11). The van der Waals surface area contributed by atoms with Gasteiger partial charge in [0.05, 0.1) is 12.0 Å². The van der Waals surface area contributed by atoms with Crippen LogP contribution in [0.3, 0.4) is 0 Å². The Morgan fingerprint density at radius 3 is 2.61 bits per heavy atom. The number of nitrogens with two attached hydrogens (primary N) is 1. The second-order valence-electron chi connectivity index (χ2n) is 6.95. The smallest absolute Gasteiger partial charge is 0.153 e. The second kappa shape index (κ2) is 7.44. The summed E-state index contributed by atoms with van der Waals surface area (Å²) in [6.45, 7) is 0.0772. The Balaban J connectivity index is 0.000000151. The van der Waals surface area contributed by atoms with Crippen LogP contribution in [0.4, 0.5) is 10.2 Å². The van der Waals surface area contributed by atoms with Gasteiger partial charge in [-0.05, 0) is 29.5 Å². The van der Waals surface area contributed by atoms with E-state index in [2.05, 4.69) is 15.0 Å². The Hall–Kier alpha value is -2.59. The maximum Gasteiger partial charge on any atom is 0.153 e. The minimum atomic E-state index is -1.02. The number of benzene rings is 1. The van der Waals surface area contributed by atoms with Gasteiger partial charge in [-0.15, -0.1) is 0 Å². The zero-order valence-electron chi connectivity index (χ0n) is 14.9. The van der Waals surface area contributed by atoms with Crippen LogP contribution in [-0.4, -0.2) is 55.2 Å². The largest absolute Gasteiger partial charge is 0.388 e. The number of nitrogen functional groups attached to an aromatic ring is 1. The van der Waals surface area contributed by atoms with Crippen molar-refractivity contribution in [1.29, 1.82) is 0 Å². The first-order valence-corrected chi connectivity index (χ1v) is 8.96. The van der Waals surface area contributed by atoms with Crippen molar-refractivity contribution in [1.82, 2.24) is 15.0 Å². The number of nitrogens with one attached hydrogen (secondary N) is 1. The molecule has 0 spiro atoms. The molecular formula is C19H21FN4O4. The Morgan fingerprint density at radius 2 is 2.00 bits per heavy atom. The lowest BCUT2D eigenvalue weighted by molar-refractivity contribution is -0.0520. The molecule has 3 aromatic rings. The second-order valence-corrected chi connectivity index (χ2v) is 6.95. The first-order valence-electron chi connectivity index (χ1n) is 8.96. The molecule has 4 atom stereocenters. The van der Waals surface area contributed by atoms with Crippen LogP contribution < -0.4 is 5.73 Å². The lowest BCUT2D eigenvalue weighted by Gasteiger charge is -2.25. The molecule has 9 heteroatoms. The van der Waals surface area contributed by atoms with E-state index < -0.39 is 30.2 Å². The van der Waals surface area contributed by atoms with E-state index in [9.17, 15) is 19.7 Å². The normalized spacial score (nSPS) is 24.2. The fourth-order valence-electron chi connectivity index (χ4n) is 3.44. The summed E-state index contributed by atoms with van der Waals surface area (Å²) in [7, 11) is 0. The van der Waals surface area contributed by atoms with Crippen molar-refractivity contribution in [3.05, 3.63) is 53.2 Å². The van der Waals surface area contributed by atoms with Gasteiger partial charge in [0.15, 0.2) is 5.82 Å². The molecule has 3 heterocycles. The number of halogens is 1. The fraction of sp³-hybridized carbons (Fsp3) is 0.368. The van der Waals surface area contributed by atoms with Gasteiger partial charge in [-0.3, -0.25) is 0 Å². The van der Waals surface area contributed by atoms with Crippen LogP contribution in [0.15, 0.2) is 30.7 Å². The molecule has 2 aromatic heterocycles. The third-order valence-electron chi connectivity index (χ3n) is 5.19. The van der Waals surface area contributed by atoms with Crippen molar-refractivity contribution < 1.29 is 24.4 Å². The van der Waals surface area contributed by atoms with Crippen LogP contribution in [0, 0.1) is 5.82 Å². The predicted molar refractivity (Wildman–Crippen MR) is 98.8 cm³/mol. The first kappa shape index (κ1) is 18.8. The third kappa shape index (κ3) is 3.33. The fourth-order valence-corrected chi connectivity index (χ4v) is 3.44. The van der Waals surface area contributed by atoms with Gasteiger partial charge in [0.2, 0.25) is 0 Å². The minimum absolute atomic E-state index is 0.0772. The molecule has 8 nitrogen and oxygen atoms in total. The SMILES string of the molecule is Nc1ncnc2[nH]cc(F)c12.OC1COC(C(O)c2ccc3c(c2)CC3)C1O. The summed E-state index contributed by atoms with van der Waals surface area (Å²) >= 11 is 0. The van der Waals surface area contributed by atoms with E-state index >= 15 is 0 Å². The number of rotatable bonds is 2. The van der Waals surface area contributed by atoms with Crippen LogP contribution >= 0.6 is 0 Å². The van der Waals surface area contributed by atoms with Gasteiger partial charge in [-0.25, -0.2) is 14.4 Å². The Bertz CT molecular complexity index is 995. The van der Waals surface area contributed by atoms with Crippen LogP contribution in [0.25, 0.3) is 11.0 Å². The number of ether oxygens (including phenoxy) is 1. The molecule has 0 radical (unpaired) electrons. The highest BCUT2D eigenvalue weighted by Crippen LogP contribution is 2.31. The summed E-state index contributed by atoms with van der Waals surface area (Å²) in [6, 6.07) is 5.84. The molecule has 1 saturated heterocycles. The zero-order chi connectivity index (χ0) is 19.8. The number of anilines is 1. The van der Waals surface area contributed by atoms with Gasteiger partial charge in [0.25, 0.3) is 0 Å². The Labute approximate surface area is 159 Å². The van der Waals surface area contributed by atoms with Crippen molar-refractivity contribution >= 4 is 16.9 Å². The molecule has 0 bridgehead atoms. The van der Waals surface area contributed by atoms with Crippen molar-refractivity contribution in [2.45, 2.75) is 37.3 Å². The first-order chi connectivity index (χ1) is 13.5. The highest BCUT2D eigenvalue weighted by molar-refractivity contribution is 5.85. The molecule has 4 unspecified atom stereocenters.